The van der Waals surface area contributed by atoms with Gasteiger partial charge in [-0.15, -0.1) is 0 Å². The van der Waals surface area contributed by atoms with Crippen molar-refractivity contribution in [3.8, 4) is 0 Å². The van der Waals surface area contributed by atoms with E-state index in [1.165, 1.54) is 37.7 Å². The van der Waals surface area contributed by atoms with Crippen LogP contribution in [0.3, 0.4) is 0 Å². The Labute approximate surface area is 115 Å². The van der Waals surface area contributed by atoms with Gasteiger partial charge in [-0.1, -0.05) is 31.4 Å². The van der Waals surface area contributed by atoms with Crippen molar-refractivity contribution in [1.29, 1.82) is 0 Å². The van der Waals surface area contributed by atoms with Crippen molar-refractivity contribution in [2.45, 2.75) is 44.9 Å². The van der Waals surface area contributed by atoms with E-state index in [-0.39, 0.29) is 0 Å². The van der Waals surface area contributed by atoms with Gasteiger partial charge in [-0.05, 0) is 55.6 Å². The lowest BCUT2D eigenvalue weighted by Crippen LogP contribution is -2.27. The minimum atomic E-state index is 0.707. The Kier molecular flexibility index (Phi) is 5.00. The highest BCUT2D eigenvalue weighted by molar-refractivity contribution is 7.80. The van der Waals surface area contributed by atoms with Crippen molar-refractivity contribution in [3.63, 3.8) is 0 Å². The van der Waals surface area contributed by atoms with Gasteiger partial charge in [0, 0.05) is 12.2 Å². The van der Waals surface area contributed by atoms with E-state index in [1.807, 2.05) is 6.92 Å². The molecule has 1 aromatic rings. The molecule has 2 N–H and O–H groups in total. The van der Waals surface area contributed by atoms with Gasteiger partial charge in [-0.2, -0.15) is 0 Å². The number of rotatable bonds is 3. The van der Waals surface area contributed by atoms with Crippen molar-refractivity contribution < 1.29 is 0 Å². The lowest BCUT2D eigenvalue weighted by Gasteiger charge is -2.22. The van der Waals surface area contributed by atoms with Gasteiger partial charge in [0.1, 0.15) is 0 Å². The molecule has 0 aromatic heterocycles. The molecule has 0 spiro atoms. The molecule has 0 aliphatic heterocycles. The second-order valence-electron chi connectivity index (χ2n) is 4.94. The molecule has 18 heavy (non-hydrogen) atoms. The monoisotopic (exact) mass is 262 g/mol. The first-order valence-corrected chi connectivity index (χ1v) is 7.35. The first kappa shape index (κ1) is 13.3. The Morgan fingerprint density at radius 1 is 1.28 bits per heavy atom. The van der Waals surface area contributed by atoms with Crippen molar-refractivity contribution in [1.82, 2.24) is 5.32 Å². The predicted molar refractivity (Wildman–Crippen MR) is 82.2 cm³/mol. The molecule has 0 unspecified atom stereocenters. The molecule has 3 heteroatoms. The lowest BCUT2D eigenvalue weighted by atomic mass is 9.84. The van der Waals surface area contributed by atoms with E-state index < -0.39 is 0 Å². The fourth-order valence-corrected chi connectivity index (χ4v) is 2.90. The molecular weight excluding hydrogens is 240 g/mol. The summed E-state index contributed by atoms with van der Waals surface area (Å²) in [5, 5.41) is 7.06. The molecule has 1 aliphatic carbocycles. The van der Waals surface area contributed by atoms with Crippen molar-refractivity contribution in [2.75, 3.05) is 11.9 Å². The molecule has 98 valence electrons. The van der Waals surface area contributed by atoms with Gasteiger partial charge in [0.15, 0.2) is 5.11 Å². The Bertz CT molecular complexity index is 397. The standard InChI is InChI=1S/C15H22N2S/c1-2-16-15(18)17-14-10-6-9-13(11-14)12-7-4-3-5-8-12/h6,9-12H,2-5,7-8H2,1H3,(H2,16,17,18). The van der Waals surface area contributed by atoms with E-state index >= 15 is 0 Å². The van der Waals surface area contributed by atoms with Gasteiger partial charge in [-0.25, -0.2) is 0 Å². The van der Waals surface area contributed by atoms with E-state index in [4.69, 9.17) is 12.2 Å². The molecule has 2 nitrogen and oxygen atoms in total. The van der Waals surface area contributed by atoms with Crippen LogP contribution in [0.2, 0.25) is 0 Å². The van der Waals surface area contributed by atoms with E-state index in [2.05, 4.69) is 34.9 Å². The van der Waals surface area contributed by atoms with Crippen LogP contribution in [0.25, 0.3) is 0 Å². The van der Waals surface area contributed by atoms with Crippen LogP contribution in [-0.2, 0) is 0 Å². The van der Waals surface area contributed by atoms with Crippen LogP contribution in [-0.4, -0.2) is 11.7 Å². The largest absolute Gasteiger partial charge is 0.363 e. The van der Waals surface area contributed by atoms with E-state index in [1.54, 1.807) is 0 Å². The Morgan fingerprint density at radius 3 is 2.78 bits per heavy atom. The summed E-state index contributed by atoms with van der Waals surface area (Å²) in [6, 6.07) is 8.70. The Balaban J connectivity index is 2.02. The van der Waals surface area contributed by atoms with Crippen molar-refractivity contribution in [2.24, 2.45) is 0 Å². The fourth-order valence-electron chi connectivity index (χ4n) is 2.64. The highest BCUT2D eigenvalue weighted by Crippen LogP contribution is 2.33. The second kappa shape index (κ2) is 6.74. The van der Waals surface area contributed by atoms with Crippen LogP contribution >= 0.6 is 12.2 Å². The van der Waals surface area contributed by atoms with Crippen molar-refractivity contribution >= 4 is 23.0 Å². The Hall–Kier alpha value is -1.09. The van der Waals surface area contributed by atoms with E-state index in [0.29, 0.717) is 5.11 Å². The average Bonchev–Trinajstić information content (AvgIpc) is 2.40. The summed E-state index contributed by atoms with van der Waals surface area (Å²) in [6.45, 7) is 2.90. The van der Waals surface area contributed by atoms with Crippen LogP contribution < -0.4 is 10.6 Å². The maximum Gasteiger partial charge on any atom is 0.170 e. The van der Waals surface area contributed by atoms with E-state index in [0.717, 1.165) is 18.2 Å². The number of benzene rings is 1. The average molecular weight is 262 g/mol. The molecule has 0 amide bonds. The second-order valence-corrected chi connectivity index (χ2v) is 5.35. The molecule has 1 fully saturated rings. The summed E-state index contributed by atoms with van der Waals surface area (Å²) in [5.41, 5.74) is 2.56. The third kappa shape index (κ3) is 3.70. The maximum atomic E-state index is 5.21. The lowest BCUT2D eigenvalue weighted by molar-refractivity contribution is 0.444. The summed E-state index contributed by atoms with van der Waals surface area (Å²) >= 11 is 5.21. The molecule has 0 heterocycles. The topological polar surface area (TPSA) is 24.1 Å². The molecule has 1 aromatic carbocycles. The zero-order chi connectivity index (χ0) is 12.8. The molecule has 0 atom stereocenters. The highest BCUT2D eigenvalue weighted by Gasteiger charge is 2.15. The molecule has 0 bridgehead atoms. The highest BCUT2D eigenvalue weighted by atomic mass is 32.1. The Morgan fingerprint density at radius 2 is 2.06 bits per heavy atom. The summed E-state index contributed by atoms with van der Waals surface area (Å²) in [6.07, 6.45) is 6.82. The molecule has 0 radical (unpaired) electrons. The number of thiocarbonyl (C=S) groups is 1. The zero-order valence-electron chi connectivity index (χ0n) is 11.0. The molecule has 2 rings (SSSR count). The predicted octanol–water partition coefficient (Wildman–Crippen LogP) is 4.04. The minimum absolute atomic E-state index is 0.707. The van der Waals surface area contributed by atoms with Crippen LogP contribution in [0.5, 0.6) is 0 Å². The van der Waals surface area contributed by atoms with Gasteiger partial charge in [-0.3, -0.25) is 0 Å². The number of hydrogen-bond acceptors (Lipinski definition) is 1. The van der Waals surface area contributed by atoms with Gasteiger partial charge >= 0.3 is 0 Å². The van der Waals surface area contributed by atoms with Gasteiger partial charge in [0.25, 0.3) is 0 Å². The number of anilines is 1. The molecule has 1 saturated carbocycles. The number of nitrogens with one attached hydrogen (secondary N) is 2. The van der Waals surface area contributed by atoms with Gasteiger partial charge in [0.2, 0.25) is 0 Å². The van der Waals surface area contributed by atoms with Crippen LogP contribution in [0.1, 0.15) is 50.5 Å². The minimum Gasteiger partial charge on any atom is -0.363 e. The quantitative estimate of drug-likeness (QED) is 0.804. The molecule has 0 saturated heterocycles. The first-order valence-electron chi connectivity index (χ1n) is 6.94. The van der Waals surface area contributed by atoms with Crippen molar-refractivity contribution in [3.05, 3.63) is 29.8 Å². The van der Waals surface area contributed by atoms with E-state index in [9.17, 15) is 0 Å². The molecule has 1 aliphatic rings. The van der Waals surface area contributed by atoms with Crippen LogP contribution in [0, 0.1) is 0 Å². The van der Waals surface area contributed by atoms with Crippen LogP contribution in [0.4, 0.5) is 5.69 Å². The SMILES string of the molecule is CCNC(=S)Nc1cccc(C2CCCCC2)c1. The summed E-state index contributed by atoms with van der Waals surface area (Å²) in [7, 11) is 0. The van der Waals surface area contributed by atoms with Gasteiger partial charge in [0.05, 0.1) is 0 Å². The molecular formula is C15H22N2S. The van der Waals surface area contributed by atoms with Gasteiger partial charge < -0.3 is 10.6 Å². The number of hydrogen-bond donors (Lipinski definition) is 2. The summed E-state index contributed by atoms with van der Waals surface area (Å²) in [5.74, 6) is 0.744. The third-order valence-electron chi connectivity index (χ3n) is 3.56. The zero-order valence-corrected chi connectivity index (χ0v) is 11.9. The summed E-state index contributed by atoms with van der Waals surface area (Å²) in [4.78, 5) is 0. The smallest absolute Gasteiger partial charge is 0.170 e. The maximum absolute atomic E-state index is 5.21. The third-order valence-corrected chi connectivity index (χ3v) is 3.80. The van der Waals surface area contributed by atoms with Crippen LogP contribution in [0.15, 0.2) is 24.3 Å². The first-order chi connectivity index (χ1) is 8.79. The fraction of sp³-hybridized carbons (Fsp3) is 0.533. The normalized spacial score (nSPS) is 16.3. The summed E-state index contributed by atoms with van der Waals surface area (Å²) < 4.78 is 0.